The molecule has 7 N–H and O–H groups in total. The van der Waals surface area contributed by atoms with Gasteiger partial charge in [-0.05, 0) is 13.8 Å². The van der Waals surface area contributed by atoms with Crippen molar-refractivity contribution in [1.82, 2.24) is 10.2 Å². The van der Waals surface area contributed by atoms with Crippen LogP contribution in [0.2, 0.25) is 0 Å². The summed E-state index contributed by atoms with van der Waals surface area (Å²) in [6.07, 6.45) is -0.860. The molecule has 31 heavy (non-hydrogen) atoms. The van der Waals surface area contributed by atoms with E-state index in [-0.39, 0.29) is 5.82 Å². The first-order chi connectivity index (χ1) is 13.8. The zero-order chi connectivity index (χ0) is 24.0. The van der Waals surface area contributed by atoms with Crippen LogP contribution >= 0.6 is 23.5 Å². The fourth-order valence-electron chi connectivity index (χ4n) is 2.86. The smallest absolute Gasteiger partial charge is 0.387 e. The lowest BCUT2D eigenvalue weighted by Crippen LogP contribution is -2.54. The SMILES string of the molecule is C=C1NC(=O)C=CN1[C@@H]1O[C@](C)(COP(=O)(O)OP(=O)(O)OP(=O)(O)O)[C@@H](O)[C@@]1(C)O. The van der Waals surface area contributed by atoms with Gasteiger partial charge in [0.25, 0.3) is 5.91 Å². The van der Waals surface area contributed by atoms with E-state index in [9.17, 15) is 33.6 Å². The largest absolute Gasteiger partial charge is 0.490 e. The number of ether oxygens (including phenoxy) is 1. The molecule has 1 fully saturated rings. The first-order valence-electron chi connectivity index (χ1n) is 8.11. The zero-order valence-corrected chi connectivity index (χ0v) is 18.6. The highest BCUT2D eigenvalue weighted by Crippen LogP contribution is 2.66. The summed E-state index contributed by atoms with van der Waals surface area (Å²) in [4.78, 5) is 48.3. The first kappa shape index (κ1) is 26.3. The second kappa shape index (κ2) is 8.43. The molecule has 0 saturated carbocycles. The molecule has 0 aromatic carbocycles. The molecule has 19 heteroatoms. The minimum absolute atomic E-state index is 0.0119. The molecule has 2 aliphatic heterocycles. The molecule has 178 valence electrons. The van der Waals surface area contributed by atoms with E-state index in [1.54, 1.807) is 0 Å². The summed E-state index contributed by atoms with van der Waals surface area (Å²) in [5, 5.41) is 23.6. The lowest BCUT2D eigenvalue weighted by Gasteiger charge is -2.37. The van der Waals surface area contributed by atoms with Crippen LogP contribution in [0.4, 0.5) is 0 Å². The molecule has 16 nitrogen and oxygen atoms in total. The van der Waals surface area contributed by atoms with Crippen molar-refractivity contribution in [3.05, 3.63) is 24.7 Å². The van der Waals surface area contributed by atoms with E-state index in [0.717, 1.165) is 19.9 Å². The van der Waals surface area contributed by atoms with Gasteiger partial charge < -0.3 is 44.7 Å². The van der Waals surface area contributed by atoms with Crippen molar-refractivity contribution in [1.29, 1.82) is 0 Å². The monoisotopic (exact) mass is 510 g/mol. The van der Waals surface area contributed by atoms with E-state index in [1.807, 2.05) is 0 Å². The lowest BCUT2D eigenvalue weighted by atomic mass is 9.89. The van der Waals surface area contributed by atoms with Gasteiger partial charge in [0.2, 0.25) is 0 Å². The normalized spacial score (nSPS) is 35.5. The summed E-state index contributed by atoms with van der Waals surface area (Å²) in [5.41, 5.74) is -3.97. The maximum absolute atomic E-state index is 11.9. The Hall–Kier alpha value is -0.960. The number of carbonyl (C=O) groups excluding carboxylic acids is 1. The Morgan fingerprint density at radius 1 is 1.19 bits per heavy atom. The van der Waals surface area contributed by atoms with E-state index in [4.69, 9.17) is 19.4 Å². The predicted octanol–water partition coefficient (Wildman–Crippen LogP) is -1.03. The van der Waals surface area contributed by atoms with Crippen molar-refractivity contribution in [2.24, 2.45) is 0 Å². The molecule has 1 amide bonds. The number of amides is 1. The van der Waals surface area contributed by atoms with Gasteiger partial charge in [-0.2, -0.15) is 8.62 Å². The number of rotatable bonds is 8. The summed E-state index contributed by atoms with van der Waals surface area (Å²) in [6, 6.07) is 0. The molecule has 0 radical (unpaired) electrons. The molecule has 2 aliphatic rings. The zero-order valence-electron chi connectivity index (χ0n) is 16.0. The average molecular weight is 510 g/mol. The topological polar surface area (TPSA) is 242 Å². The Morgan fingerprint density at radius 3 is 2.29 bits per heavy atom. The maximum atomic E-state index is 11.9. The summed E-state index contributed by atoms with van der Waals surface area (Å²) in [6.45, 7) is 4.89. The van der Waals surface area contributed by atoms with Crippen LogP contribution in [0, 0.1) is 0 Å². The van der Waals surface area contributed by atoms with Gasteiger partial charge >= 0.3 is 23.5 Å². The van der Waals surface area contributed by atoms with Gasteiger partial charge in [-0.15, -0.1) is 0 Å². The van der Waals surface area contributed by atoms with Crippen LogP contribution in [0.25, 0.3) is 0 Å². The summed E-state index contributed by atoms with van der Waals surface area (Å²) in [5.74, 6) is -0.517. The number of phosphoric ester groups is 1. The highest BCUT2D eigenvalue weighted by Gasteiger charge is 2.61. The molecule has 0 bridgehead atoms. The Kier molecular flexibility index (Phi) is 7.15. The van der Waals surface area contributed by atoms with Crippen LogP contribution in [0.1, 0.15) is 13.8 Å². The van der Waals surface area contributed by atoms with Crippen LogP contribution < -0.4 is 5.32 Å². The fourth-order valence-corrected chi connectivity index (χ4v) is 5.98. The van der Waals surface area contributed by atoms with Crippen LogP contribution in [0.5, 0.6) is 0 Å². The van der Waals surface area contributed by atoms with Gasteiger partial charge in [0.05, 0.1) is 6.61 Å². The number of carbonyl (C=O) groups is 1. The van der Waals surface area contributed by atoms with Crippen molar-refractivity contribution in [3.63, 3.8) is 0 Å². The van der Waals surface area contributed by atoms with Crippen molar-refractivity contribution in [2.45, 2.75) is 37.4 Å². The summed E-state index contributed by atoms with van der Waals surface area (Å²) < 4.78 is 51.2. The number of nitrogens with zero attached hydrogens (tertiary/aromatic N) is 1. The Balaban J connectivity index is 2.16. The van der Waals surface area contributed by atoms with Crippen LogP contribution in [-0.2, 0) is 36.4 Å². The van der Waals surface area contributed by atoms with Crippen molar-refractivity contribution >= 4 is 29.4 Å². The number of phosphoric acid groups is 3. The Morgan fingerprint density at radius 2 is 1.77 bits per heavy atom. The van der Waals surface area contributed by atoms with Gasteiger partial charge in [0.1, 0.15) is 23.1 Å². The molecular weight excluding hydrogens is 489 g/mol. The van der Waals surface area contributed by atoms with Gasteiger partial charge in [0, 0.05) is 12.3 Å². The molecule has 1 saturated heterocycles. The molecule has 6 atom stereocenters. The number of nitrogens with one attached hydrogen (secondary N) is 1. The van der Waals surface area contributed by atoms with Crippen LogP contribution in [-0.4, -0.2) is 70.7 Å². The maximum Gasteiger partial charge on any atom is 0.490 e. The Bertz CT molecular complexity index is 930. The third kappa shape index (κ3) is 6.30. The van der Waals surface area contributed by atoms with Crippen LogP contribution in [0.3, 0.4) is 0 Å². The lowest BCUT2D eigenvalue weighted by molar-refractivity contribution is -0.135. The Labute approximate surface area is 175 Å². The molecule has 2 rings (SSSR count). The van der Waals surface area contributed by atoms with E-state index >= 15 is 0 Å². The molecule has 0 aromatic heterocycles. The highest BCUT2D eigenvalue weighted by molar-refractivity contribution is 7.66. The number of aliphatic hydroxyl groups is 2. The van der Waals surface area contributed by atoms with Crippen molar-refractivity contribution in [3.8, 4) is 0 Å². The number of hydrogen-bond acceptors (Lipinski definition) is 11. The van der Waals surface area contributed by atoms with E-state index in [1.165, 1.54) is 11.1 Å². The number of hydrogen-bond donors (Lipinski definition) is 7. The average Bonchev–Trinajstić information content (AvgIpc) is 2.71. The second-order valence-corrected chi connectivity index (χ2v) is 11.4. The van der Waals surface area contributed by atoms with E-state index in [0.29, 0.717) is 0 Å². The number of aliphatic hydroxyl groups excluding tert-OH is 1. The van der Waals surface area contributed by atoms with Crippen molar-refractivity contribution < 1.29 is 66.2 Å². The highest BCUT2D eigenvalue weighted by atomic mass is 31.3. The minimum atomic E-state index is -5.73. The summed E-state index contributed by atoms with van der Waals surface area (Å²) >= 11 is 0. The molecule has 0 spiro atoms. The van der Waals surface area contributed by atoms with E-state index < -0.39 is 59.5 Å². The molecule has 2 heterocycles. The fraction of sp³-hybridized carbons (Fsp3) is 0.583. The third-order valence-electron chi connectivity index (χ3n) is 4.16. The molecule has 2 unspecified atom stereocenters. The molecule has 0 aromatic rings. The summed E-state index contributed by atoms with van der Waals surface area (Å²) in [7, 11) is -16.8. The van der Waals surface area contributed by atoms with Gasteiger partial charge in [-0.1, -0.05) is 6.58 Å². The van der Waals surface area contributed by atoms with Gasteiger partial charge in [-0.3, -0.25) is 9.32 Å². The third-order valence-corrected chi connectivity index (χ3v) is 7.94. The second-order valence-electron chi connectivity index (χ2n) is 6.93. The van der Waals surface area contributed by atoms with Gasteiger partial charge in [-0.25, -0.2) is 13.7 Å². The van der Waals surface area contributed by atoms with Crippen LogP contribution in [0.15, 0.2) is 24.7 Å². The standard InChI is InChI=1S/C12H21N2O14P3/c1-7-13-8(15)4-5-14(7)10-12(3,17)9(16)11(2,26-10)6-25-30(21,22)28-31(23,24)27-29(18,19)20/h4-5,9-10,16-17H,1,6H2,2-3H3,(H,13,15)(H,21,22)(H,23,24)(H2,18,19,20)/t9-,10-,11-,12-/m1/s1. The quantitative estimate of drug-likeness (QED) is 0.193. The van der Waals surface area contributed by atoms with E-state index in [2.05, 4.69) is 25.0 Å². The predicted molar refractivity (Wildman–Crippen MR) is 98.0 cm³/mol. The van der Waals surface area contributed by atoms with Gasteiger partial charge in [0.15, 0.2) is 6.23 Å². The van der Waals surface area contributed by atoms with Crippen molar-refractivity contribution in [2.75, 3.05) is 6.61 Å². The molecular formula is C12H21N2O14P3. The minimum Gasteiger partial charge on any atom is -0.387 e. The molecule has 0 aliphatic carbocycles. The first-order valence-corrected chi connectivity index (χ1v) is 12.6.